The number of nitrogens with zero attached hydrogens (tertiary/aromatic N) is 1. The highest BCUT2D eigenvalue weighted by Gasteiger charge is 2.30. The third-order valence-corrected chi connectivity index (χ3v) is 3.87. The fraction of sp³-hybridized carbons (Fsp3) is 0.667. The average molecular weight is 338 g/mol. The molecule has 1 rings (SSSR count). The summed E-state index contributed by atoms with van der Waals surface area (Å²) in [5.41, 5.74) is -0.165. The number of nitrogens with one attached hydrogen (secondary N) is 1. The Bertz CT molecular complexity index is 545. The molecule has 1 atom stereocenters. The van der Waals surface area contributed by atoms with Crippen molar-refractivity contribution in [3.63, 3.8) is 0 Å². The topological polar surface area (TPSA) is 71.8 Å². The van der Waals surface area contributed by atoms with E-state index in [0.717, 1.165) is 17.9 Å². The van der Waals surface area contributed by atoms with Crippen LogP contribution >= 0.6 is 0 Å². The molecule has 1 heterocycles. The van der Waals surface area contributed by atoms with Crippen LogP contribution in [-0.4, -0.2) is 37.6 Å². The van der Waals surface area contributed by atoms with Gasteiger partial charge in [0, 0.05) is 26.4 Å². The molecular formula is C18H30N2O4. The van der Waals surface area contributed by atoms with Crippen molar-refractivity contribution < 1.29 is 18.7 Å². The first-order chi connectivity index (χ1) is 11.2. The molecule has 1 N–H and O–H groups in total. The number of carbonyl (C=O) groups excluding carboxylic acids is 2. The lowest BCUT2D eigenvalue weighted by Gasteiger charge is -2.30. The van der Waals surface area contributed by atoms with Gasteiger partial charge in [-0.05, 0) is 24.0 Å². The van der Waals surface area contributed by atoms with Crippen molar-refractivity contribution in [1.82, 2.24) is 10.2 Å². The van der Waals surface area contributed by atoms with Gasteiger partial charge in [0.2, 0.25) is 5.91 Å². The van der Waals surface area contributed by atoms with E-state index in [4.69, 9.17) is 4.42 Å². The van der Waals surface area contributed by atoms with Crippen molar-refractivity contribution in [2.45, 2.75) is 53.0 Å². The summed E-state index contributed by atoms with van der Waals surface area (Å²) in [6.45, 7) is 8.71. The lowest BCUT2D eigenvalue weighted by atomic mass is 9.85. The smallest absolute Gasteiger partial charge is 0.409 e. The lowest BCUT2D eigenvalue weighted by Crippen LogP contribution is -2.37. The van der Waals surface area contributed by atoms with Gasteiger partial charge in [-0.2, -0.15) is 0 Å². The fourth-order valence-electron chi connectivity index (χ4n) is 2.41. The van der Waals surface area contributed by atoms with Crippen molar-refractivity contribution >= 4 is 12.0 Å². The molecule has 1 aromatic rings. The Morgan fingerprint density at radius 3 is 2.50 bits per heavy atom. The number of methoxy groups -OCH3 is 1. The van der Waals surface area contributed by atoms with E-state index in [2.05, 4.69) is 30.8 Å². The standard InChI is InChI=1S/C18H30N2O4/c1-7-13-10-11-14(24-13)16(18(2,3)4)19-15(21)9-8-12-20(5)17(22)23-6/h10-11,16H,7-9,12H2,1-6H3,(H,19,21). The van der Waals surface area contributed by atoms with Gasteiger partial charge < -0.3 is 19.4 Å². The Morgan fingerprint density at radius 2 is 2.00 bits per heavy atom. The molecule has 0 radical (unpaired) electrons. The number of carbonyl (C=O) groups is 2. The normalized spacial score (nSPS) is 12.6. The lowest BCUT2D eigenvalue weighted by molar-refractivity contribution is -0.123. The summed E-state index contributed by atoms with van der Waals surface area (Å²) in [6, 6.07) is 3.69. The van der Waals surface area contributed by atoms with E-state index < -0.39 is 6.09 Å². The van der Waals surface area contributed by atoms with E-state index in [1.807, 2.05) is 19.1 Å². The van der Waals surface area contributed by atoms with E-state index in [-0.39, 0.29) is 17.4 Å². The maximum Gasteiger partial charge on any atom is 0.409 e. The Labute approximate surface area is 144 Å². The zero-order valence-corrected chi connectivity index (χ0v) is 15.6. The number of ether oxygens (including phenoxy) is 1. The highest BCUT2D eigenvalue weighted by Crippen LogP contribution is 2.33. The Balaban J connectivity index is 2.61. The first-order valence-electron chi connectivity index (χ1n) is 8.36. The average Bonchev–Trinajstić information content (AvgIpc) is 2.99. The second-order valence-electron chi connectivity index (χ2n) is 7.02. The maximum atomic E-state index is 12.3. The third-order valence-electron chi connectivity index (χ3n) is 3.87. The van der Waals surface area contributed by atoms with Crippen LogP contribution in [0.15, 0.2) is 16.5 Å². The van der Waals surface area contributed by atoms with E-state index in [1.54, 1.807) is 7.05 Å². The third kappa shape index (κ3) is 5.91. The number of amides is 2. The molecule has 6 nitrogen and oxygen atoms in total. The second-order valence-corrected chi connectivity index (χ2v) is 7.02. The zero-order valence-electron chi connectivity index (χ0n) is 15.6. The number of rotatable bonds is 7. The molecule has 1 aromatic heterocycles. The van der Waals surface area contributed by atoms with E-state index in [0.29, 0.717) is 19.4 Å². The van der Waals surface area contributed by atoms with Crippen LogP contribution in [0.1, 0.15) is 58.1 Å². The molecule has 0 aliphatic rings. The summed E-state index contributed by atoms with van der Waals surface area (Å²) >= 11 is 0. The van der Waals surface area contributed by atoms with Gasteiger partial charge in [-0.1, -0.05) is 27.7 Å². The molecule has 0 aliphatic heterocycles. The minimum atomic E-state index is -0.398. The second kappa shape index (κ2) is 8.76. The summed E-state index contributed by atoms with van der Waals surface area (Å²) < 4.78 is 10.5. The van der Waals surface area contributed by atoms with Crippen LogP contribution in [0.3, 0.4) is 0 Å². The van der Waals surface area contributed by atoms with Crippen LogP contribution in [-0.2, 0) is 16.0 Å². The Morgan fingerprint density at radius 1 is 1.33 bits per heavy atom. The van der Waals surface area contributed by atoms with Gasteiger partial charge in [0.1, 0.15) is 11.5 Å². The highest BCUT2D eigenvalue weighted by molar-refractivity contribution is 5.76. The molecular weight excluding hydrogens is 308 g/mol. The van der Waals surface area contributed by atoms with Gasteiger partial charge in [-0.3, -0.25) is 4.79 Å². The van der Waals surface area contributed by atoms with Crippen molar-refractivity contribution in [2.75, 3.05) is 20.7 Å². The van der Waals surface area contributed by atoms with Gasteiger partial charge in [0.25, 0.3) is 0 Å². The van der Waals surface area contributed by atoms with Crippen LogP contribution < -0.4 is 5.32 Å². The molecule has 2 amide bonds. The maximum absolute atomic E-state index is 12.3. The van der Waals surface area contributed by atoms with Crippen molar-refractivity contribution in [3.05, 3.63) is 23.7 Å². The molecule has 0 spiro atoms. The number of furan rings is 1. The minimum absolute atomic E-state index is 0.0531. The monoisotopic (exact) mass is 338 g/mol. The van der Waals surface area contributed by atoms with Crippen LogP contribution in [0.2, 0.25) is 0 Å². The summed E-state index contributed by atoms with van der Waals surface area (Å²) in [6.07, 6.45) is 1.35. The van der Waals surface area contributed by atoms with Gasteiger partial charge in [0.15, 0.2) is 0 Å². The predicted octanol–water partition coefficient (Wildman–Crippen LogP) is 3.52. The SMILES string of the molecule is CCc1ccc(C(NC(=O)CCCN(C)C(=O)OC)C(C)(C)C)o1. The highest BCUT2D eigenvalue weighted by atomic mass is 16.5. The van der Waals surface area contributed by atoms with Gasteiger partial charge in [-0.15, -0.1) is 0 Å². The fourth-order valence-corrected chi connectivity index (χ4v) is 2.41. The molecule has 0 aliphatic carbocycles. The first-order valence-corrected chi connectivity index (χ1v) is 8.36. The molecule has 0 saturated carbocycles. The van der Waals surface area contributed by atoms with Gasteiger partial charge in [-0.25, -0.2) is 4.79 Å². The van der Waals surface area contributed by atoms with E-state index in [1.165, 1.54) is 12.0 Å². The summed E-state index contributed by atoms with van der Waals surface area (Å²) in [7, 11) is 2.99. The zero-order chi connectivity index (χ0) is 18.3. The first kappa shape index (κ1) is 20.1. The molecule has 24 heavy (non-hydrogen) atoms. The quantitative estimate of drug-likeness (QED) is 0.825. The van der Waals surface area contributed by atoms with Crippen LogP contribution in [0.5, 0.6) is 0 Å². The van der Waals surface area contributed by atoms with Crippen molar-refractivity contribution in [1.29, 1.82) is 0 Å². The molecule has 1 unspecified atom stereocenters. The predicted molar refractivity (Wildman–Crippen MR) is 92.7 cm³/mol. The number of aryl methyl sites for hydroxylation is 1. The van der Waals surface area contributed by atoms with Gasteiger partial charge >= 0.3 is 6.09 Å². The number of hydrogen-bond acceptors (Lipinski definition) is 4. The Hall–Kier alpha value is -1.98. The van der Waals surface area contributed by atoms with Crippen LogP contribution in [0.4, 0.5) is 4.79 Å². The Kier molecular flexibility index (Phi) is 7.32. The molecule has 0 fully saturated rings. The summed E-state index contributed by atoms with van der Waals surface area (Å²) in [5, 5.41) is 3.06. The molecule has 136 valence electrons. The number of hydrogen-bond donors (Lipinski definition) is 1. The molecule has 0 saturated heterocycles. The summed E-state index contributed by atoms with van der Waals surface area (Å²) in [5.74, 6) is 1.63. The van der Waals surface area contributed by atoms with Crippen LogP contribution in [0, 0.1) is 5.41 Å². The molecule has 0 aromatic carbocycles. The van der Waals surface area contributed by atoms with Gasteiger partial charge in [0.05, 0.1) is 13.2 Å². The van der Waals surface area contributed by atoms with Crippen molar-refractivity contribution in [3.8, 4) is 0 Å². The van der Waals surface area contributed by atoms with E-state index in [9.17, 15) is 9.59 Å². The van der Waals surface area contributed by atoms with E-state index >= 15 is 0 Å². The minimum Gasteiger partial charge on any atom is -0.464 e. The largest absolute Gasteiger partial charge is 0.464 e. The van der Waals surface area contributed by atoms with Crippen LogP contribution in [0.25, 0.3) is 0 Å². The summed E-state index contributed by atoms with van der Waals surface area (Å²) in [4.78, 5) is 25.0. The molecule has 6 heteroatoms. The molecule has 0 bridgehead atoms. The van der Waals surface area contributed by atoms with Crippen molar-refractivity contribution in [2.24, 2.45) is 5.41 Å².